The maximum absolute atomic E-state index is 12.6. The van der Waals surface area contributed by atoms with E-state index < -0.39 is 0 Å². The number of carbonyl (C=O) groups is 1. The third kappa shape index (κ3) is 6.90. The highest BCUT2D eigenvalue weighted by molar-refractivity contribution is 8.26. The molecule has 1 amide bonds. The summed E-state index contributed by atoms with van der Waals surface area (Å²) < 4.78 is 23.5. The minimum absolute atomic E-state index is 0.122. The zero-order valence-corrected chi connectivity index (χ0v) is 21.6. The molecule has 1 heterocycles. The Labute approximate surface area is 216 Å². The highest BCUT2D eigenvalue weighted by atomic mass is 32.2. The Kier molecular flexibility index (Phi) is 9.81. The van der Waals surface area contributed by atoms with Crippen LogP contribution in [0.1, 0.15) is 18.1 Å². The fourth-order valence-electron chi connectivity index (χ4n) is 3.37. The first-order valence-electron chi connectivity index (χ1n) is 11.2. The second-order valence-corrected chi connectivity index (χ2v) is 9.07. The van der Waals surface area contributed by atoms with Crippen LogP contribution in [-0.2, 0) is 11.2 Å². The molecule has 0 spiro atoms. The monoisotopic (exact) mass is 511 g/mol. The molecule has 8 heteroatoms. The molecule has 1 saturated heterocycles. The topological polar surface area (TPSA) is 57.2 Å². The molecule has 0 unspecified atom stereocenters. The Hall–Kier alpha value is -3.23. The number of amides is 1. The summed E-state index contributed by atoms with van der Waals surface area (Å²) in [7, 11) is 1.61. The van der Waals surface area contributed by atoms with Crippen LogP contribution in [-0.4, -0.2) is 48.6 Å². The van der Waals surface area contributed by atoms with Crippen LogP contribution in [0.5, 0.6) is 23.0 Å². The number of hydrogen-bond donors (Lipinski definition) is 0. The van der Waals surface area contributed by atoms with Crippen molar-refractivity contribution in [2.45, 2.75) is 13.3 Å². The van der Waals surface area contributed by atoms with Gasteiger partial charge in [0.05, 0.1) is 18.6 Å². The van der Waals surface area contributed by atoms with Crippen LogP contribution in [0.3, 0.4) is 0 Å². The molecule has 0 N–H and O–H groups in total. The lowest BCUT2D eigenvalue weighted by Gasteiger charge is -2.14. The van der Waals surface area contributed by atoms with Crippen LogP contribution in [0.4, 0.5) is 0 Å². The summed E-state index contributed by atoms with van der Waals surface area (Å²) in [6.45, 7) is 10.9. The summed E-state index contributed by atoms with van der Waals surface area (Å²) >= 11 is 6.58. The number of nitrogens with zero attached hydrogens (tertiary/aromatic N) is 1. The van der Waals surface area contributed by atoms with Crippen LogP contribution >= 0.6 is 24.0 Å². The molecule has 0 bridgehead atoms. The lowest BCUT2D eigenvalue weighted by molar-refractivity contribution is -0.121. The van der Waals surface area contributed by atoms with Gasteiger partial charge in [0.2, 0.25) is 0 Å². The van der Waals surface area contributed by atoms with E-state index in [1.54, 1.807) is 19.3 Å². The minimum atomic E-state index is -0.122. The zero-order valence-electron chi connectivity index (χ0n) is 20.0. The average Bonchev–Trinajstić information content (AvgIpc) is 3.11. The Balaban J connectivity index is 1.65. The van der Waals surface area contributed by atoms with E-state index in [4.69, 9.17) is 31.2 Å². The molecule has 0 aromatic heterocycles. The Morgan fingerprint density at radius 3 is 2.34 bits per heavy atom. The fraction of sp³-hybridized carbons (Fsp3) is 0.259. The van der Waals surface area contributed by atoms with Crippen molar-refractivity contribution < 1.29 is 23.7 Å². The van der Waals surface area contributed by atoms with E-state index in [1.807, 2.05) is 49.4 Å². The number of thiocarbonyl (C=S) groups is 1. The van der Waals surface area contributed by atoms with Gasteiger partial charge in [0.25, 0.3) is 5.91 Å². The van der Waals surface area contributed by atoms with Crippen LogP contribution in [0, 0.1) is 0 Å². The first-order valence-corrected chi connectivity index (χ1v) is 12.4. The van der Waals surface area contributed by atoms with Gasteiger partial charge in [0, 0.05) is 6.54 Å². The molecule has 2 aromatic rings. The van der Waals surface area contributed by atoms with Gasteiger partial charge in [-0.05, 0) is 54.8 Å². The van der Waals surface area contributed by atoms with E-state index in [0.717, 1.165) is 17.5 Å². The number of carbonyl (C=O) groups excluding carboxylic acids is 1. The van der Waals surface area contributed by atoms with Gasteiger partial charge in [-0.25, -0.2) is 0 Å². The van der Waals surface area contributed by atoms with Crippen molar-refractivity contribution in [3.8, 4) is 23.0 Å². The second kappa shape index (κ2) is 13.0. The van der Waals surface area contributed by atoms with Crippen molar-refractivity contribution in [1.29, 1.82) is 0 Å². The van der Waals surface area contributed by atoms with Crippen LogP contribution in [0.15, 0.2) is 66.6 Å². The van der Waals surface area contributed by atoms with Crippen molar-refractivity contribution in [3.05, 3.63) is 77.7 Å². The highest BCUT2D eigenvalue weighted by Crippen LogP contribution is 2.35. The third-order valence-electron chi connectivity index (χ3n) is 4.96. The van der Waals surface area contributed by atoms with Crippen molar-refractivity contribution >= 4 is 40.3 Å². The first-order chi connectivity index (χ1) is 17.0. The molecule has 1 fully saturated rings. The standard InChI is InChI=1S/C27H29NO5S2/c1-5-8-19-9-11-21(23(16-19)30-4)32-14-15-33-22-12-10-20(17-24(22)31-7-3)18-25-26(29)28(13-6-2)27(34)35-25/h5-6,9-12,16-18H,1-2,7-8,13-15H2,3-4H3/b25-18-. The summed E-state index contributed by atoms with van der Waals surface area (Å²) in [4.78, 5) is 14.7. The van der Waals surface area contributed by atoms with Gasteiger partial charge in [-0.1, -0.05) is 48.3 Å². The largest absolute Gasteiger partial charge is 0.493 e. The van der Waals surface area contributed by atoms with Gasteiger partial charge in [0.1, 0.15) is 17.5 Å². The number of hydrogen-bond acceptors (Lipinski definition) is 7. The van der Waals surface area contributed by atoms with E-state index in [0.29, 0.717) is 58.6 Å². The second-order valence-electron chi connectivity index (χ2n) is 7.40. The fourth-order valence-corrected chi connectivity index (χ4v) is 4.64. The predicted octanol–water partition coefficient (Wildman–Crippen LogP) is 5.67. The van der Waals surface area contributed by atoms with Crippen molar-refractivity contribution in [2.75, 3.05) is 33.5 Å². The minimum Gasteiger partial charge on any atom is -0.493 e. The molecular weight excluding hydrogens is 482 g/mol. The van der Waals surface area contributed by atoms with Gasteiger partial charge >= 0.3 is 0 Å². The van der Waals surface area contributed by atoms with Crippen molar-refractivity contribution in [2.24, 2.45) is 0 Å². The number of benzene rings is 2. The predicted molar refractivity (Wildman–Crippen MR) is 146 cm³/mol. The van der Waals surface area contributed by atoms with Crippen LogP contribution < -0.4 is 18.9 Å². The summed E-state index contributed by atoms with van der Waals surface area (Å²) in [5.41, 5.74) is 1.92. The Morgan fingerprint density at radius 1 is 0.971 bits per heavy atom. The van der Waals surface area contributed by atoms with Gasteiger partial charge in [0.15, 0.2) is 23.0 Å². The van der Waals surface area contributed by atoms with Crippen LogP contribution in [0.2, 0.25) is 0 Å². The van der Waals surface area contributed by atoms with Gasteiger partial charge < -0.3 is 18.9 Å². The zero-order chi connectivity index (χ0) is 25.2. The smallest absolute Gasteiger partial charge is 0.266 e. The molecule has 0 radical (unpaired) electrons. The molecule has 0 saturated carbocycles. The maximum Gasteiger partial charge on any atom is 0.266 e. The van der Waals surface area contributed by atoms with Gasteiger partial charge in [-0.3, -0.25) is 9.69 Å². The highest BCUT2D eigenvalue weighted by Gasteiger charge is 2.31. The summed E-state index contributed by atoms with van der Waals surface area (Å²) in [5, 5.41) is 0. The summed E-state index contributed by atoms with van der Waals surface area (Å²) in [5.74, 6) is 2.39. The Morgan fingerprint density at radius 2 is 1.69 bits per heavy atom. The summed E-state index contributed by atoms with van der Waals surface area (Å²) in [6, 6.07) is 11.4. The van der Waals surface area contributed by atoms with Gasteiger partial charge in [-0.15, -0.1) is 13.2 Å². The normalized spacial score (nSPS) is 14.2. The molecule has 1 aliphatic rings. The number of thioether (sulfide) groups is 1. The van der Waals surface area contributed by atoms with E-state index in [2.05, 4.69) is 13.2 Å². The number of methoxy groups -OCH3 is 1. The summed E-state index contributed by atoms with van der Waals surface area (Å²) in [6.07, 6.45) is 6.07. The molecule has 2 aromatic carbocycles. The van der Waals surface area contributed by atoms with Crippen molar-refractivity contribution in [3.63, 3.8) is 0 Å². The lowest BCUT2D eigenvalue weighted by Crippen LogP contribution is -2.27. The Bertz CT molecular complexity index is 1130. The molecule has 184 valence electrons. The lowest BCUT2D eigenvalue weighted by atomic mass is 10.1. The van der Waals surface area contributed by atoms with Gasteiger partial charge in [-0.2, -0.15) is 0 Å². The molecular formula is C27H29NO5S2. The van der Waals surface area contributed by atoms with E-state index in [-0.39, 0.29) is 5.91 Å². The molecule has 0 aliphatic carbocycles. The average molecular weight is 512 g/mol. The first kappa shape index (κ1) is 26.4. The van der Waals surface area contributed by atoms with Crippen molar-refractivity contribution in [1.82, 2.24) is 4.90 Å². The molecule has 6 nitrogen and oxygen atoms in total. The molecule has 1 aliphatic heterocycles. The number of rotatable bonds is 13. The van der Waals surface area contributed by atoms with E-state index in [9.17, 15) is 4.79 Å². The molecule has 3 rings (SSSR count). The molecule has 35 heavy (non-hydrogen) atoms. The number of allylic oxidation sites excluding steroid dienone is 1. The maximum atomic E-state index is 12.6. The molecule has 0 atom stereocenters. The van der Waals surface area contributed by atoms with E-state index >= 15 is 0 Å². The SMILES string of the molecule is C=CCc1ccc(OCCOc2ccc(/C=C3\SC(=S)N(CC=C)C3=O)cc2OCC)c(OC)c1. The van der Waals surface area contributed by atoms with Crippen LogP contribution in [0.25, 0.3) is 6.08 Å². The van der Waals surface area contributed by atoms with E-state index in [1.165, 1.54) is 16.7 Å². The quantitative estimate of drug-likeness (QED) is 0.149. The third-order valence-corrected chi connectivity index (χ3v) is 6.33. The number of ether oxygens (including phenoxy) is 4.